The Labute approximate surface area is 170 Å². The number of esters is 1. The average Bonchev–Trinajstić information content (AvgIpc) is 2.97. The summed E-state index contributed by atoms with van der Waals surface area (Å²) >= 11 is 3.45. The Hall–Kier alpha value is -2.79. The highest BCUT2D eigenvalue weighted by Crippen LogP contribution is 2.57. The van der Waals surface area contributed by atoms with Crippen molar-refractivity contribution in [2.24, 2.45) is 5.73 Å². The fourth-order valence-corrected chi connectivity index (χ4v) is 4.74. The van der Waals surface area contributed by atoms with Crippen LogP contribution in [0.4, 0.5) is 5.69 Å². The second-order valence-electron chi connectivity index (χ2n) is 7.86. The van der Waals surface area contributed by atoms with Crippen molar-refractivity contribution in [2.75, 3.05) is 4.90 Å². The van der Waals surface area contributed by atoms with Gasteiger partial charge in [0.05, 0.1) is 16.8 Å². The highest BCUT2D eigenvalue weighted by Gasteiger charge is 2.65. The van der Waals surface area contributed by atoms with Gasteiger partial charge in [-0.05, 0) is 45.9 Å². The van der Waals surface area contributed by atoms with Gasteiger partial charge in [0.15, 0.2) is 0 Å². The predicted octanol–water partition coefficient (Wildman–Crippen LogP) is 2.33. The van der Waals surface area contributed by atoms with Crippen molar-refractivity contribution in [1.29, 1.82) is 5.26 Å². The van der Waals surface area contributed by atoms with Crippen molar-refractivity contribution in [1.82, 2.24) is 5.32 Å². The Bertz CT molecular complexity index is 1060. The van der Waals surface area contributed by atoms with Crippen molar-refractivity contribution in [2.45, 2.75) is 44.8 Å². The number of nitrogens with two attached hydrogens (primary N) is 1. The maximum atomic E-state index is 13.9. The van der Waals surface area contributed by atoms with Gasteiger partial charge in [-0.25, -0.2) is 4.79 Å². The van der Waals surface area contributed by atoms with Crippen LogP contribution in [0, 0.1) is 11.3 Å². The van der Waals surface area contributed by atoms with Gasteiger partial charge in [-0.15, -0.1) is 0 Å². The van der Waals surface area contributed by atoms with Gasteiger partial charge in [0, 0.05) is 21.8 Å². The van der Waals surface area contributed by atoms with Crippen LogP contribution in [-0.2, 0) is 19.7 Å². The minimum Gasteiger partial charge on any atom is -0.450 e. The number of benzene rings is 1. The SMILES string of the molecule is CC(C)N1C(=O)C2(C(C#N)=C(N)NC3=C2C(=O)OC3(C)C)c2cc(Br)ccc21. The van der Waals surface area contributed by atoms with E-state index in [-0.39, 0.29) is 28.9 Å². The van der Waals surface area contributed by atoms with E-state index < -0.39 is 17.0 Å². The molecule has 0 fully saturated rings. The lowest BCUT2D eigenvalue weighted by Crippen LogP contribution is -2.51. The summed E-state index contributed by atoms with van der Waals surface area (Å²) in [6.45, 7) is 7.21. The van der Waals surface area contributed by atoms with Crippen LogP contribution in [0.5, 0.6) is 0 Å². The Kier molecular flexibility index (Phi) is 3.72. The van der Waals surface area contributed by atoms with Gasteiger partial charge in [-0.3, -0.25) is 4.79 Å². The molecule has 0 bridgehead atoms. The number of nitrogens with one attached hydrogen (secondary N) is 1. The summed E-state index contributed by atoms with van der Waals surface area (Å²) in [4.78, 5) is 28.5. The van der Waals surface area contributed by atoms with E-state index in [1.807, 2.05) is 26.0 Å². The molecule has 144 valence electrons. The lowest BCUT2D eigenvalue weighted by atomic mass is 9.67. The minimum absolute atomic E-state index is 0.00778. The van der Waals surface area contributed by atoms with Crippen LogP contribution in [0.25, 0.3) is 0 Å². The molecule has 1 aromatic rings. The lowest BCUT2D eigenvalue weighted by Gasteiger charge is -2.35. The summed E-state index contributed by atoms with van der Waals surface area (Å²) in [5, 5.41) is 12.9. The van der Waals surface area contributed by atoms with E-state index in [9.17, 15) is 14.9 Å². The number of fused-ring (bicyclic) bond motifs is 3. The molecule has 0 aromatic heterocycles. The van der Waals surface area contributed by atoms with Gasteiger partial charge < -0.3 is 20.7 Å². The highest BCUT2D eigenvalue weighted by molar-refractivity contribution is 9.10. The molecule has 0 radical (unpaired) electrons. The average molecular weight is 443 g/mol. The fourth-order valence-electron chi connectivity index (χ4n) is 4.38. The van der Waals surface area contributed by atoms with Crippen LogP contribution < -0.4 is 16.0 Å². The largest absolute Gasteiger partial charge is 0.450 e. The number of cyclic esters (lactones) is 1. The van der Waals surface area contributed by atoms with E-state index in [0.29, 0.717) is 16.9 Å². The Morgan fingerprint density at radius 3 is 2.61 bits per heavy atom. The van der Waals surface area contributed by atoms with Crippen LogP contribution in [0.15, 0.2) is 45.3 Å². The molecule has 1 aromatic carbocycles. The number of amides is 1. The number of hydrogen-bond donors (Lipinski definition) is 2. The molecular weight excluding hydrogens is 424 g/mol. The molecule has 1 amide bonds. The lowest BCUT2D eigenvalue weighted by molar-refractivity contribution is -0.145. The number of anilines is 1. The Morgan fingerprint density at radius 1 is 1.32 bits per heavy atom. The van der Waals surface area contributed by atoms with Crippen LogP contribution in [0.1, 0.15) is 33.3 Å². The van der Waals surface area contributed by atoms with Crippen LogP contribution in [-0.4, -0.2) is 23.5 Å². The van der Waals surface area contributed by atoms with Crippen LogP contribution in [0.3, 0.4) is 0 Å². The van der Waals surface area contributed by atoms with Crippen LogP contribution >= 0.6 is 15.9 Å². The molecule has 3 aliphatic heterocycles. The first-order valence-corrected chi connectivity index (χ1v) is 9.66. The molecule has 3 heterocycles. The third kappa shape index (κ3) is 2.02. The summed E-state index contributed by atoms with van der Waals surface area (Å²) in [6.07, 6.45) is 0. The van der Waals surface area contributed by atoms with Crippen molar-refractivity contribution in [3.05, 3.63) is 50.9 Å². The van der Waals surface area contributed by atoms with Crippen molar-refractivity contribution in [3.8, 4) is 6.07 Å². The van der Waals surface area contributed by atoms with E-state index in [1.54, 1.807) is 24.8 Å². The first kappa shape index (κ1) is 18.6. The molecule has 7 nitrogen and oxygen atoms in total. The second-order valence-corrected chi connectivity index (χ2v) is 8.77. The highest BCUT2D eigenvalue weighted by atomic mass is 79.9. The molecule has 8 heteroatoms. The Balaban J connectivity index is 2.18. The minimum atomic E-state index is -1.63. The zero-order chi connectivity index (χ0) is 20.6. The van der Waals surface area contributed by atoms with E-state index in [2.05, 4.69) is 27.3 Å². The molecule has 0 aliphatic carbocycles. The molecule has 28 heavy (non-hydrogen) atoms. The molecule has 4 rings (SSSR count). The van der Waals surface area contributed by atoms with Gasteiger partial charge in [-0.1, -0.05) is 15.9 Å². The van der Waals surface area contributed by atoms with Gasteiger partial charge in [0.2, 0.25) is 5.91 Å². The third-order valence-electron chi connectivity index (χ3n) is 5.47. The topological polar surface area (TPSA) is 108 Å². The number of carbonyl (C=O) groups is 2. The zero-order valence-corrected chi connectivity index (χ0v) is 17.5. The number of nitriles is 1. The summed E-state index contributed by atoms with van der Waals surface area (Å²) < 4.78 is 6.29. The number of nitrogens with zero attached hydrogens (tertiary/aromatic N) is 2. The maximum Gasteiger partial charge on any atom is 0.338 e. The summed E-state index contributed by atoms with van der Waals surface area (Å²) in [6, 6.07) is 7.31. The van der Waals surface area contributed by atoms with Crippen molar-refractivity contribution in [3.63, 3.8) is 0 Å². The smallest absolute Gasteiger partial charge is 0.338 e. The van der Waals surface area contributed by atoms with E-state index in [4.69, 9.17) is 10.5 Å². The summed E-state index contributed by atoms with van der Waals surface area (Å²) in [5.41, 5.74) is 5.33. The van der Waals surface area contributed by atoms with Gasteiger partial charge in [-0.2, -0.15) is 5.26 Å². The quantitative estimate of drug-likeness (QED) is 0.645. The number of ether oxygens (including phenoxy) is 1. The molecule has 1 unspecified atom stereocenters. The number of carbonyl (C=O) groups excluding carboxylic acids is 2. The zero-order valence-electron chi connectivity index (χ0n) is 15.9. The molecule has 1 spiro atoms. The van der Waals surface area contributed by atoms with E-state index in [1.165, 1.54) is 0 Å². The standard InChI is InChI=1S/C20H19BrN4O3/c1-9(2)25-13-6-5-10(21)7-11(13)20(18(25)27)12(8-22)16(23)24-15-14(20)17(26)28-19(15,3)4/h5-7,9,24H,23H2,1-4H3. The maximum absolute atomic E-state index is 13.9. The second kappa shape index (κ2) is 5.61. The molecule has 0 saturated heterocycles. The number of halogens is 1. The van der Waals surface area contributed by atoms with Gasteiger partial charge >= 0.3 is 5.97 Å². The molecule has 1 atom stereocenters. The predicted molar refractivity (Wildman–Crippen MR) is 106 cm³/mol. The Morgan fingerprint density at radius 2 is 2.00 bits per heavy atom. The molecule has 3 N–H and O–H groups in total. The van der Waals surface area contributed by atoms with Gasteiger partial charge in [0.1, 0.15) is 22.9 Å². The number of hydrogen-bond acceptors (Lipinski definition) is 6. The third-order valence-corrected chi connectivity index (χ3v) is 5.97. The molecule has 0 saturated carbocycles. The first-order chi connectivity index (χ1) is 13.1. The van der Waals surface area contributed by atoms with Crippen molar-refractivity contribution < 1.29 is 14.3 Å². The fraction of sp³-hybridized carbons (Fsp3) is 0.350. The van der Waals surface area contributed by atoms with Gasteiger partial charge in [0.25, 0.3) is 0 Å². The summed E-state index contributed by atoms with van der Waals surface area (Å²) in [7, 11) is 0. The van der Waals surface area contributed by atoms with E-state index >= 15 is 0 Å². The number of dihydropyridines is 1. The van der Waals surface area contributed by atoms with Crippen LogP contribution in [0.2, 0.25) is 0 Å². The molecular formula is C20H19BrN4O3. The van der Waals surface area contributed by atoms with E-state index in [0.717, 1.165) is 4.47 Å². The normalized spacial score (nSPS) is 25.1. The summed E-state index contributed by atoms with van der Waals surface area (Å²) in [5.74, 6) is -0.950. The molecule has 3 aliphatic rings. The number of rotatable bonds is 1. The monoisotopic (exact) mass is 442 g/mol. The first-order valence-electron chi connectivity index (χ1n) is 8.87. The van der Waals surface area contributed by atoms with Crippen molar-refractivity contribution >= 4 is 33.5 Å².